The summed E-state index contributed by atoms with van der Waals surface area (Å²) in [7, 11) is -2.31. The number of rotatable bonds is 7. The van der Waals surface area contributed by atoms with Crippen molar-refractivity contribution in [1.82, 2.24) is 0 Å². The van der Waals surface area contributed by atoms with Gasteiger partial charge in [0.1, 0.15) is 12.4 Å². The Bertz CT molecular complexity index is 1910. The highest BCUT2D eigenvalue weighted by Crippen LogP contribution is 2.52. The molecule has 1 aliphatic rings. The van der Waals surface area contributed by atoms with Crippen LogP contribution in [0.4, 0.5) is 0 Å². The molecule has 0 bridgehead atoms. The Balaban J connectivity index is 1.62. The normalized spacial score (nSPS) is 13.3. The maximum Gasteiger partial charge on any atom is 0.121 e. The Morgan fingerprint density at radius 1 is 0.646 bits per heavy atom. The van der Waals surface area contributed by atoms with Crippen LogP contribution in [0.2, 0.25) is 13.1 Å². The van der Waals surface area contributed by atoms with Gasteiger partial charge in [-0.3, -0.25) is 0 Å². The summed E-state index contributed by atoms with van der Waals surface area (Å²) >= 11 is 0. The maximum atomic E-state index is 6.50. The molecule has 246 valence electrons. The van der Waals surface area contributed by atoms with E-state index in [1.165, 1.54) is 71.9 Å². The van der Waals surface area contributed by atoms with E-state index in [9.17, 15) is 0 Å². The van der Waals surface area contributed by atoms with E-state index in [1.54, 1.807) is 0 Å². The Labute approximate surface area is 290 Å². The molecule has 1 aliphatic carbocycles. The van der Waals surface area contributed by atoms with E-state index < -0.39 is 8.07 Å². The Morgan fingerprint density at radius 2 is 1.12 bits per heavy atom. The third-order valence-electron chi connectivity index (χ3n) is 10.3. The lowest BCUT2D eigenvalue weighted by Gasteiger charge is -2.34. The third kappa shape index (κ3) is 6.01. The van der Waals surface area contributed by atoms with Gasteiger partial charge >= 0.3 is 0 Å². The minimum absolute atomic E-state index is 0.0395. The van der Waals surface area contributed by atoms with Crippen LogP contribution in [0.25, 0.3) is 33.4 Å². The lowest BCUT2D eigenvalue weighted by molar-refractivity contribution is 0.363. The van der Waals surface area contributed by atoms with Crippen LogP contribution in [-0.2, 0) is 10.8 Å². The van der Waals surface area contributed by atoms with Crippen molar-refractivity contribution in [1.29, 1.82) is 0 Å². The lowest BCUT2D eigenvalue weighted by atomic mass is 9.81. The van der Waals surface area contributed by atoms with E-state index in [0.717, 1.165) is 5.75 Å². The number of fused-ring (bicyclic) bond motifs is 3. The minimum atomic E-state index is -2.31. The van der Waals surface area contributed by atoms with Crippen molar-refractivity contribution >= 4 is 13.3 Å². The van der Waals surface area contributed by atoms with Gasteiger partial charge < -0.3 is 4.74 Å². The summed E-state index contributed by atoms with van der Waals surface area (Å²) in [6.45, 7) is 27.9. The second-order valence-corrected chi connectivity index (χ2v) is 21.0. The molecule has 0 saturated heterocycles. The second kappa shape index (κ2) is 12.4. The molecule has 0 fully saturated rings. The zero-order chi connectivity index (χ0) is 34.6. The molecule has 0 amide bonds. The summed E-state index contributed by atoms with van der Waals surface area (Å²) in [4.78, 5) is 0. The smallest absolute Gasteiger partial charge is 0.121 e. The molecule has 5 aromatic carbocycles. The van der Waals surface area contributed by atoms with Crippen LogP contribution in [0.15, 0.2) is 110 Å². The molecule has 0 aliphatic heterocycles. The molecule has 48 heavy (non-hydrogen) atoms. The molecular weight excluding hydrogens is 597 g/mol. The van der Waals surface area contributed by atoms with Gasteiger partial charge in [-0.1, -0.05) is 170 Å². The Hall–Kier alpha value is -4.14. The van der Waals surface area contributed by atoms with Crippen molar-refractivity contribution in [3.63, 3.8) is 0 Å². The standard InChI is InChI=1S/C46H52OSi/c1-12-25-47-43-31(3)26-30(2)27-42(43)48(10,11)44-38-28-32(34-17-13-15-19-40(34)45(4,5)6)21-23-36(38)37-24-22-33(29-39(37)44)35-18-14-16-20-41(35)46(7,8)9/h12-24,26-29,44H,1,25H2,2-11H3. The number of hydrogen-bond donors (Lipinski definition) is 0. The van der Waals surface area contributed by atoms with Crippen LogP contribution < -0.4 is 9.92 Å². The highest BCUT2D eigenvalue weighted by molar-refractivity contribution is 6.92. The second-order valence-electron chi connectivity index (χ2n) is 16.4. The SMILES string of the molecule is C=CCOc1c(C)cc(C)cc1[Si](C)(C)C1c2cc(-c3ccccc3C(C)(C)C)ccc2-c2ccc(-c3ccccc3C(C)(C)C)cc21. The highest BCUT2D eigenvalue weighted by atomic mass is 28.3. The Morgan fingerprint density at radius 3 is 1.58 bits per heavy atom. The van der Waals surface area contributed by atoms with Crippen molar-refractivity contribution in [3.8, 4) is 39.1 Å². The summed E-state index contributed by atoms with van der Waals surface area (Å²) < 4.78 is 6.50. The molecule has 0 unspecified atom stereocenters. The third-order valence-corrected chi connectivity index (χ3v) is 14.1. The molecule has 0 atom stereocenters. The number of hydrogen-bond acceptors (Lipinski definition) is 1. The van der Waals surface area contributed by atoms with Gasteiger partial charge in [-0.05, 0) is 91.1 Å². The first kappa shape index (κ1) is 33.7. The molecule has 2 heteroatoms. The van der Waals surface area contributed by atoms with Gasteiger partial charge in [-0.2, -0.15) is 0 Å². The molecule has 0 saturated carbocycles. The maximum absolute atomic E-state index is 6.50. The van der Waals surface area contributed by atoms with Crippen molar-refractivity contribution in [2.75, 3.05) is 6.61 Å². The number of benzene rings is 5. The van der Waals surface area contributed by atoms with Crippen molar-refractivity contribution in [3.05, 3.63) is 143 Å². The van der Waals surface area contributed by atoms with Gasteiger partial charge in [0.25, 0.3) is 0 Å². The van der Waals surface area contributed by atoms with Crippen LogP contribution >= 0.6 is 0 Å². The summed E-state index contributed by atoms with van der Waals surface area (Å²) in [6, 6.07) is 37.1. The summed E-state index contributed by atoms with van der Waals surface area (Å²) in [5.41, 5.74) is 16.4. The number of ether oxygens (including phenoxy) is 1. The monoisotopic (exact) mass is 648 g/mol. The Kier molecular flexibility index (Phi) is 8.71. The van der Waals surface area contributed by atoms with Gasteiger partial charge in [0.2, 0.25) is 0 Å². The van der Waals surface area contributed by atoms with E-state index in [-0.39, 0.29) is 16.4 Å². The first-order valence-electron chi connectivity index (χ1n) is 17.5. The van der Waals surface area contributed by atoms with Gasteiger partial charge in [0.05, 0.1) is 8.07 Å². The van der Waals surface area contributed by atoms with E-state index in [2.05, 4.69) is 172 Å². The molecule has 6 rings (SSSR count). The van der Waals surface area contributed by atoms with Crippen molar-refractivity contribution in [2.45, 2.75) is 84.9 Å². The fourth-order valence-electron chi connectivity index (χ4n) is 8.07. The number of aryl methyl sites for hydroxylation is 2. The molecule has 0 heterocycles. The predicted octanol–water partition coefficient (Wildman–Crippen LogP) is 12.1. The van der Waals surface area contributed by atoms with E-state index >= 15 is 0 Å². The van der Waals surface area contributed by atoms with Crippen molar-refractivity contribution in [2.24, 2.45) is 0 Å². The minimum Gasteiger partial charge on any atom is -0.489 e. The molecule has 0 spiro atoms. The topological polar surface area (TPSA) is 9.23 Å². The largest absolute Gasteiger partial charge is 0.489 e. The van der Waals surface area contributed by atoms with E-state index in [0.29, 0.717) is 6.61 Å². The average molecular weight is 649 g/mol. The molecular formula is C46H52OSi. The molecule has 5 aromatic rings. The van der Waals surface area contributed by atoms with Crippen LogP contribution in [0.1, 0.15) is 80.5 Å². The van der Waals surface area contributed by atoms with E-state index in [1.807, 2.05) is 6.08 Å². The fraction of sp³-hybridized carbons (Fsp3) is 0.304. The average Bonchev–Trinajstić information content (AvgIpc) is 3.37. The molecule has 1 nitrogen and oxygen atoms in total. The lowest BCUT2D eigenvalue weighted by Crippen LogP contribution is -2.48. The molecule has 0 N–H and O–H groups in total. The molecule has 0 aromatic heterocycles. The zero-order valence-electron chi connectivity index (χ0n) is 30.7. The quantitative estimate of drug-likeness (QED) is 0.126. The first-order chi connectivity index (χ1) is 22.6. The summed E-state index contributed by atoms with van der Waals surface area (Å²) in [5.74, 6) is 1.04. The van der Waals surface area contributed by atoms with Crippen LogP contribution in [0.5, 0.6) is 5.75 Å². The van der Waals surface area contributed by atoms with Crippen molar-refractivity contribution < 1.29 is 4.74 Å². The van der Waals surface area contributed by atoms with E-state index in [4.69, 9.17) is 4.74 Å². The van der Waals surface area contributed by atoms with Gasteiger partial charge in [0, 0.05) is 5.54 Å². The highest BCUT2D eigenvalue weighted by Gasteiger charge is 2.44. The van der Waals surface area contributed by atoms with Crippen LogP contribution in [0.3, 0.4) is 0 Å². The van der Waals surface area contributed by atoms with Crippen LogP contribution in [0, 0.1) is 13.8 Å². The summed E-state index contributed by atoms with van der Waals surface area (Å²) in [6.07, 6.45) is 1.86. The van der Waals surface area contributed by atoms with Gasteiger partial charge in [0.15, 0.2) is 0 Å². The fourth-order valence-corrected chi connectivity index (χ4v) is 11.9. The predicted molar refractivity (Wildman–Crippen MR) is 211 cm³/mol. The zero-order valence-corrected chi connectivity index (χ0v) is 31.7. The summed E-state index contributed by atoms with van der Waals surface area (Å²) in [5, 5.41) is 1.38. The van der Waals surface area contributed by atoms with Crippen LogP contribution in [-0.4, -0.2) is 14.7 Å². The molecule has 0 radical (unpaired) electrons. The van der Waals surface area contributed by atoms with Gasteiger partial charge in [-0.15, -0.1) is 0 Å². The van der Waals surface area contributed by atoms with Gasteiger partial charge in [-0.25, -0.2) is 0 Å². The first-order valence-corrected chi connectivity index (χ1v) is 20.5.